The fourth-order valence-corrected chi connectivity index (χ4v) is 2.79. The van der Waals surface area contributed by atoms with Crippen molar-refractivity contribution in [1.29, 1.82) is 0 Å². The highest BCUT2D eigenvalue weighted by Gasteiger charge is 2.27. The van der Waals surface area contributed by atoms with E-state index in [1.54, 1.807) is 0 Å². The van der Waals surface area contributed by atoms with Crippen molar-refractivity contribution in [3.05, 3.63) is 0 Å². The summed E-state index contributed by atoms with van der Waals surface area (Å²) >= 11 is 0. The van der Waals surface area contributed by atoms with Gasteiger partial charge in [-0.3, -0.25) is 9.69 Å². The van der Waals surface area contributed by atoms with Crippen LogP contribution in [0.15, 0.2) is 0 Å². The van der Waals surface area contributed by atoms with Crippen LogP contribution in [-0.4, -0.2) is 61.0 Å². The molecule has 98 valence electrons. The second-order valence-electron chi connectivity index (χ2n) is 5.17. The van der Waals surface area contributed by atoms with E-state index < -0.39 is 0 Å². The number of piperazine rings is 1. The lowest BCUT2D eigenvalue weighted by molar-refractivity contribution is -0.135. The van der Waals surface area contributed by atoms with Crippen LogP contribution >= 0.6 is 0 Å². The molecule has 4 heteroatoms. The van der Waals surface area contributed by atoms with E-state index in [1.165, 1.54) is 25.8 Å². The summed E-state index contributed by atoms with van der Waals surface area (Å²) in [6.45, 7) is 8.31. The molecule has 2 aliphatic heterocycles. The van der Waals surface area contributed by atoms with Crippen LogP contribution in [0.1, 0.15) is 32.6 Å². The van der Waals surface area contributed by atoms with E-state index in [4.69, 9.17) is 0 Å². The normalized spacial score (nSPS) is 27.1. The lowest BCUT2D eigenvalue weighted by atomic mass is 10.0. The standard InChI is InChI=1S/C13H25N3O/c1-2-7-15-8-10-16(11-9-15)13(17)12-5-3-4-6-14-12/h12,14H,2-11H2,1H3/t12-/m0/s1. The van der Waals surface area contributed by atoms with E-state index in [2.05, 4.69) is 22.0 Å². The summed E-state index contributed by atoms with van der Waals surface area (Å²) in [6.07, 6.45) is 4.64. The molecule has 2 aliphatic rings. The van der Waals surface area contributed by atoms with Crippen molar-refractivity contribution in [3.8, 4) is 0 Å². The Morgan fingerprint density at radius 1 is 1.24 bits per heavy atom. The number of carbonyl (C=O) groups is 1. The Morgan fingerprint density at radius 3 is 2.59 bits per heavy atom. The van der Waals surface area contributed by atoms with Gasteiger partial charge in [-0.25, -0.2) is 0 Å². The third kappa shape index (κ3) is 3.42. The number of nitrogens with zero attached hydrogens (tertiary/aromatic N) is 2. The predicted octanol–water partition coefficient (Wildman–Crippen LogP) is 0.683. The highest BCUT2D eigenvalue weighted by molar-refractivity contribution is 5.82. The Morgan fingerprint density at radius 2 is 2.00 bits per heavy atom. The zero-order valence-electron chi connectivity index (χ0n) is 11.0. The first-order valence-corrected chi connectivity index (χ1v) is 7.06. The van der Waals surface area contributed by atoms with E-state index >= 15 is 0 Å². The van der Waals surface area contributed by atoms with Crippen LogP contribution in [0.3, 0.4) is 0 Å². The lowest BCUT2D eigenvalue weighted by Gasteiger charge is -2.37. The van der Waals surface area contributed by atoms with Crippen LogP contribution in [0.2, 0.25) is 0 Å². The Hall–Kier alpha value is -0.610. The summed E-state index contributed by atoms with van der Waals surface area (Å²) in [5.41, 5.74) is 0. The van der Waals surface area contributed by atoms with E-state index in [1.807, 2.05) is 0 Å². The fraction of sp³-hybridized carbons (Fsp3) is 0.923. The van der Waals surface area contributed by atoms with E-state index in [-0.39, 0.29) is 6.04 Å². The Bertz CT molecular complexity index is 243. The molecule has 2 saturated heterocycles. The molecule has 0 saturated carbocycles. The van der Waals surface area contributed by atoms with Gasteiger partial charge in [0, 0.05) is 26.2 Å². The monoisotopic (exact) mass is 239 g/mol. The molecule has 2 fully saturated rings. The molecule has 0 radical (unpaired) electrons. The third-order valence-corrected chi connectivity index (χ3v) is 3.83. The van der Waals surface area contributed by atoms with Gasteiger partial charge < -0.3 is 10.2 Å². The first-order chi connectivity index (χ1) is 8.31. The molecular weight excluding hydrogens is 214 g/mol. The fourth-order valence-electron chi connectivity index (χ4n) is 2.79. The SMILES string of the molecule is CCCN1CCN(C(=O)[C@@H]2CCCCN2)CC1. The zero-order chi connectivity index (χ0) is 12.1. The Balaban J connectivity index is 1.77. The van der Waals surface area contributed by atoms with Gasteiger partial charge in [0.2, 0.25) is 5.91 Å². The summed E-state index contributed by atoms with van der Waals surface area (Å²) in [5, 5.41) is 3.35. The molecule has 0 bridgehead atoms. The first kappa shape index (κ1) is 12.8. The summed E-state index contributed by atoms with van der Waals surface area (Å²) < 4.78 is 0. The van der Waals surface area contributed by atoms with Crippen LogP contribution in [0.5, 0.6) is 0 Å². The van der Waals surface area contributed by atoms with Crippen molar-refractivity contribution >= 4 is 5.91 Å². The van der Waals surface area contributed by atoms with Crippen molar-refractivity contribution in [3.63, 3.8) is 0 Å². The summed E-state index contributed by atoms with van der Waals surface area (Å²) in [6, 6.07) is 0.0986. The van der Waals surface area contributed by atoms with Gasteiger partial charge in [0.05, 0.1) is 6.04 Å². The van der Waals surface area contributed by atoms with Crippen molar-refractivity contribution in [1.82, 2.24) is 15.1 Å². The van der Waals surface area contributed by atoms with Crippen LogP contribution in [0.25, 0.3) is 0 Å². The molecule has 1 atom stereocenters. The molecular formula is C13H25N3O. The molecule has 0 aromatic rings. The minimum absolute atomic E-state index is 0.0986. The van der Waals surface area contributed by atoms with Crippen molar-refractivity contribution < 1.29 is 4.79 Å². The topological polar surface area (TPSA) is 35.6 Å². The molecule has 0 aromatic heterocycles. The summed E-state index contributed by atoms with van der Waals surface area (Å²) in [4.78, 5) is 16.8. The maximum atomic E-state index is 12.3. The smallest absolute Gasteiger partial charge is 0.239 e. The largest absolute Gasteiger partial charge is 0.339 e. The number of hydrogen-bond acceptors (Lipinski definition) is 3. The van der Waals surface area contributed by atoms with Gasteiger partial charge in [-0.05, 0) is 32.4 Å². The van der Waals surface area contributed by atoms with Gasteiger partial charge in [-0.15, -0.1) is 0 Å². The molecule has 0 aromatic carbocycles. The number of amides is 1. The van der Waals surface area contributed by atoms with Crippen LogP contribution in [0, 0.1) is 0 Å². The maximum absolute atomic E-state index is 12.3. The van der Waals surface area contributed by atoms with Gasteiger partial charge >= 0.3 is 0 Å². The average molecular weight is 239 g/mol. The van der Waals surface area contributed by atoms with Gasteiger partial charge in [0.15, 0.2) is 0 Å². The van der Waals surface area contributed by atoms with E-state index in [0.29, 0.717) is 5.91 Å². The second-order valence-corrected chi connectivity index (χ2v) is 5.17. The second kappa shape index (κ2) is 6.36. The van der Waals surface area contributed by atoms with Crippen molar-refractivity contribution in [2.45, 2.75) is 38.6 Å². The highest BCUT2D eigenvalue weighted by Crippen LogP contribution is 2.11. The van der Waals surface area contributed by atoms with Crippen LogP contribution < -0.4 is 5.32 Å². The average Bonchev–Trinajstić information content (AvgIpc) is 2.40. The first-order valence-electron chi connectivity index (χ1n) is 7.06. The minimum Gasteiger partial charge on any atom is -0.339 e. The molecule has 1 amide bonds. The number of nitrogens with one attached hydrogen (secondary N) is 1. The molecule has 1 N–H and O–H groups in total. The molecule has 17 heavy (non-hydrogen) atoms. The minimum atomic E-state index is 0.0986. The third-order valence-electron chi connectivity index (χ3n) is 3.83. The van der Waals surface area contributed by atoms with Crippen molar-refractivity contribution in [2.75, 3.05) is 39.3 Å². The van der Waals surface area contributed by atoms with Crippen LogP contribution in [-0.2, 0) is 4.79 Å². The molecule has 0 unspecified atom stereocenters. The molecule has 0 spiro atoms. The Kier molecular flexibility index (Phi) is 4.80. The maximum Gasteiger partial charge on any atom is 0.239 e. The number of carbonyl (C=O) groups excluding carboxylic acids is 1. The van der Waals surface area contributed by atoms with Gasteiger partial charge in [0.25, 0.3) is 0 Å². The molecule has 4 nitrogen and oxygen atoms in total. The van der Waals surface area contributed by atoms with E-state index in [0.717, 1.165) is 39.1 Å². The zero-order valence-corrected chi connectivity index (χ0v) is 11.0. The predicted molar refractivity (Wildman–Crippen MR) is 69.0 cm³/mol. The number of hydrogen-bond donors (Lipinski definition) is 1. The highest BCUT2D eigenvalue weighted by atomic mass is 16.2. The lowest BCUT2D eigenvalue weighted by Crippen LogP contribution is -2.55. The summed E-state index contributed by atoms with van der Waals surface area (Å²) in [5.74, 6) is 0.334. The van der Waals surface area contributed by atoms with Gasteiger partial charge in [0.1, 0.15) is 0 Å². The summed E-state index contributed by atoms with van der Waals surface area (Å²) in [7, 11) is 0. The molecule has 2 heterocycles. The number of rotatable bonds is 3. The van der Waals surface area contributed by atoms with E-state index in [9.17, 15) is 4.79 Å². The van der Waals surface area contributed by atoms with Gasteiger partial charge in [-0.2, -0.15) is 0 Å². The Labute approximate surface area is 104 Å². The number of piperidine rings is 1. The van der Waals surface area contributed by atoms with Gasteiger partial charge in [-0.1, -0.05) is 13.3 Å². The quantitative estimate of drug-likeness (QED) is 0.787. The van der Waals surface area contributed by atoms with Crippen molar-refractivity contribution in [2.24, 2.45) is 0 Å². The van der Waals surface area contributed by atoms with Crippen LogP contribution in [0.4, 0.5) is 0 Å². The molecule has 0 aliphatic carbocycles. The molecule has 2 rings (SSSR count).